The van der Waals surface area contributed by atoms with Gasteiger partial charge in [0.1, 0.15) is 5.75 Å². The Labute approximate surface area is 131 Å². The smallest absolute Gasteiger partial charge is 0.223 e. The molecule has 21 heavy (non-hydrogen) atoms. The van der Waals surface area contributed by atoms with Crippen LogP contribution in [0.4, 0.5) is 0 Å². The molecule has 4 heteroatoms. The molecule has 0 bridgehead atoms. The van der Waals surface area contributed by atoms with Crippen molar-refractivity contribution in [3.63, 3.8) is 0 Å². The van der Waals surface area contributed by atoms with Crippen LogP contribution in [0, 0.1) is 13.8 Å². The molecule has 0 saturated heterocycles. The van der Waals surface area contributed by atoms with Crippen molar-refractivity contribution in [1.29, 1.82) is 0 Å². The molecule has 3 nitrogen and oxygen atoms in total. The van der Waals surface area contributed by atoms with Gasteiger partial charge < -0.3 is 10.1 Å². The number of nitrogens with zero attached hydrogens (tertiary/aromatic N) is 1. The van der Waals surface area contributed by atoms with Gasteiger partial charge in [0.2, 0.25) is 5.88 Å². The predicted molar refractivity (Wildman–Crippen MR) is 87.2 cm³/mol. The summed E-state index contributed by atoms with van der Waals surface area (Å²) in [6.45, 7) is 7.83. The molecule has 0 amide bonds. The normalized spacial score (nSPS) is 10.7. The van der Waals surface area contributed by atoms with E-state index in [4.69, 9.17) is 16.3 Å². The van der Waals surface area contributed by atoms with Gasteiger partial charge in [-0.05, 0) is 56.1 Å². The lowest BCUT2D eigenvalue weighted by molar-refractivity contribution is 0.452. The summed E-state index contributed by atoms with van der Waals surface area (Å²) in [6, 6.07) is 7.83. The predicted octanol–water partition coefficient (Wildman–Crippen LogP) is 4.64. The highest BCUT2D eigenvalue weighted by Crippen LogP contribution is 2.29. The van der Waals surface area contributed by atoms with Gasteiger partial charge in [0.25, 0.3) is 0 Å². The number of ether oxygens (including phenoxy) is 1. The molecule has 0 aliphatic rings. The van der Waals surface area contributed by atoms with Crippen LogP contribution in [0.1, 0.15) is 30.0 Å². The van der Waals surface area contributed by atoms with Gasteiger partial charge in [-0.2, -0.15) is 0 Å². The third-order valence-electron chi connectivity index (χ3n) is 3.22. The highest BCUT2D eigenvalue weighted by atomic mass is 35.5. The van der Waals surface area contributed by atoms with Crippen molar-refractivity contribution in [3.05, 3.63) is 52.2 Å². The molecule has 2 aromatic rings. The zero-order valence-corrected chi connectivity index (χ0v) is 13.5. The van der Waals surface area contributed by atoms with Gasteiger partial charge in [0.15, 0.2) is 0 Å². The van der Waals surface area contributed by atoms with Crippen molar-refractivity contribution >= 4 is 11.6 Å². The Bertz CT molecular complexity index is 590. The Morgan fingerprint density at radius 3 is 2.62 bits per heavy atom. The van der Waals surface area contributed by atoms with Crippen LogP contribution in [-0.4, -0.2) is 11.5 Å². The topological polar surface area (TPSA) is 34.2 Å². The van der Waals surface area contributed by atoms with Crippen molar-refractivity contribution < 1.29 is 4.74 Å². The standard InChI is InChI=1S/C17H21ClN2O/c1-4-7-19-11-14-6-5-8-20-17(14)21-15-9-12(2)16(18)13(3)10-15/h5-6,8-10,19H,4,7,11H2,1-3H3. The van der Waals surface area contributed by atoms with Gasteiger partial charge in [-0.1, -0.05) is 24.6 Å². The summed E-state index contributed by atoms with van der Waals surface area (Å²) in [5.74, 6) is 1.41. The third-order valence-corrected chi connectivity index (χ3v) is 3.81. The minimum atomic E-state index is 0.641. The molecule has 0 radical (unpaired) electrons. The number of benzene rings is 1. The SMILES string of the molecule is CCCNCc1cccnc1Oc1cc(C)c(Cl)c(C)c1. The maximum atomic E-state index is 6.19. The zero-order valence-electron chi connectivity index (χ0n) is 12.7. The summed E-state index contributed by atoms with van der Waals surface area (Å²) in [4.78, 5) is 4.34. The Morgan fingerprint density at radius 2 is 1.95 bits per heavy atom. The lowest BCUT2D eigenvalue weighted by Crippen LogP contribution is -2.14. The minimum Gasteiger partial charge on any atom is -0.439 e. The summed E-state index contributed by atoms with van der Waals surface area (Å²) in [5.41, 5.74) is 3.07. The molecule has 0 aliphatic carbocycles. The Balaban J connectivity index is 2.19. The van der Waals surface area contributed by atoms with Gasteiger partial charge in [-0.15, -0.1) is 0 Å². The molecule has 1 heterocycles. The number of aryl methyl sites for hydroxylation is 2. The maximum absolute atomic E-state index is 6.19. The van der Waals surface area contributed by atoms with Crippen LogP contribution in [-0.2, 0) is 6.54 Å². The molecule has 0 saturated carbocycles. The minimum absolute atomic E-state index is 0.641. The first-order chi connectivity index (χ1) is 10.1. The van der Waals surface area contributed by atoms with Crippen LogP contribution in [0.5, 0.6) is 11.6 Å². The second-order valence-corrected chi connectivity index (χ2v) is 5.50. The molecule has 112 valence electrons. The van der Waals surface area contributed by atoms with Crippen LogP contribution in [0.3, 0.4) is 0 Å². The quantitative estimate of drug-likeness (QED) is 0.789. The van der Waals surface area contributed by atoms with E-state index in [2.05, 4.69) is 17.2 Å². The number of nitrogens with one attached hydrogen (secondary N) is 1. The number of aromatic nitrogens is 1. The molecule has 2 rings (SSSR count). The molecule has 0 fully saturated rings. The lowest BCUT2D eigenvalue weighted by atomic mass is 10.1. The molecule has 1 N–H and O–H groups in total. The van der Waals surface area contributed by atoms with Crippen molar-refractivity contribution in [2.75, 3.05) is 6.54 Å². The number of hydrogen-bond acceptors (Lipinski definition) is 3. The van der Waals surface area contributed by atoms with E-state index in [0.29, 0.717) is 5.88 Å². The maximum Gasteiger partial charge on any atom is 0.223 e. The second kappa shape index (κ2) is 7.43. The zero-order chi connectivity index (χ0) is 15.2. The molecule has 0 aliphatic heterocycles. The van der Waals surface area contributed by atoms with Gasteiger partial charge in [0.05, 0.1) is 0 Å². The van der Waals surface area contributed by atoms with Crippen LogP contribution >= 0.6 is 11.6 Å². The molecule has 0 atom stereocenters. The number of hydrogen-bond donors (Lipinski definition) is 1. The van der Waals surface area contributed by atoms with E-state index in [1.807, 2.05) is 38.1 Å². The van der Waals surface area contributed by atoms with Gasteiger partial charge in [-0.3, -0.25) is 0 Å². The molecule has 0 unspecified atom stereocenters. The molecular weight excluding hydrogens is 284 g/mol. The molecule has 1 aromatic carbocycles. The third kappa shape index (κ3) is 4.19. The monoisotopic (exact) mass is 304 g/mol. The average molecular weight is 305 g/mol. The van der Waals surface area contributed by atoms with E-state index in [1.165, 1.54) is 0 Å². The number of rotatable bonds is 6. The van der Waals surface area contributed by atoms with Gasteiger partial charge in [-0.25, -0.2) is 4.98 Å². The van der Waals surface area contributed by atoms with E-state index in [1.54, 1.807) is 6.20 Å². The fourth-order valence-corrected chi connectivity index (χ4v) is 2.24. The lowest BCUT2D eigenvalue weighted by Gasteiger charge is -2.12. The second-order valence-electron chi connectivity index (χ2n) is 5.12. The van der Waals surface area contributed by atoms with Crippen LogP contribution in [0.2, 0.25) is 5.02 Å². The summed E-state index contributed by atoms with van der Waals surface area (Å²) >= 11 is 6.19. The van der Waals surface area contributed by atoms with Gasteiger partial charge in [0, 0.05) is 23.3 Å². The molecular formula is C17H21ClN2O. The van der Waals surface area contributed by atoms with Gasteiger partial charge >= 0.3 is 0 Å². The highest BCUT2D eigenvalue weighted by molar-refractivity contribution is 6.32. The van der Waals surface area contributed by atoms with Crippen molar-refractivity contribution in [2.24, 2.45) is 0 Å². The first-order valence-electron chi connectivity index (χ1n) is 7.21. The van der Waals surface area contributed by atoms with E-state index in [9.17, 15) is 0 Å². The first kappa shape index (κ1) is 15.8. The summed E-state index contributed by atoms with van der Waals surface area (Å²) < 4.78 is 5.95. The van der Waals surface area contributed by atoms with E-state index in [-0.39, 0.29) is 0 Å². The van der Waals surface area contributed by atoms with Crippen LogP contribution in [0.25, 0.3) is 0 Å². The largest absolute Gasteiger partial charge is 0.439 e. The summed E-state index contributed by atoms with van der Waals surface area (Å²) in [7, 11) is 0. The van der Waals surface area contributed by atoms with E-state index in [0.717, 1.165) is 47.0 Å². The number of pyridine rings is 1. The van der Waals surface area contributed by atoms with E-state index < -0.39 is 0 Å². The van der Waals surface area contributed by atoms with Crippen LogP contribution < -0.4 is 10.1 Å². The Kier molecular flexibility index (Phi) is 5.59. The molecule has 0 spiro atoms. The van der Waals surface area contributed by atoms with Crippen molar-refractivity contribution in [1.82, 2.24) is 10.3 Å². The highest BCUT2D eigenvalue weighted by Gasteiger charge is 2.08. The number of halogens is 1. The first-order valence-corrected chi connectivity index (χ1v) is 7.58. The van der Waals surface area contributed by atoms with E-state index >= 15 is 0 Å². The Hall–Kier alpha value is -1.58. The fourth-order valence-electron chi connectivity index (χ4n) is 2.13. The molecule has 1 aromatic heterocycles. The summed E-state index contributed by atoms with van der Waals surface area (Å²) in [6.07, 6.45) is 2.85. The summed E-state index contributed by atoms with van der Waals surface area (Å²) in [5, 5.41) is 4.15. The Morgan fingerprint density at radius 1 is 1.24 bits per heavy atom. The van der Waals surface area contributed by atoms with Crippen molar-refractivity contribution in [2.45, 2.75) is 33.7 Å². The van der Waals surface area contributed by atoms with Crippen LogP contribution in [0.15, 0.2) is 30.5 Å². The fraction of sp³-hybridized carbons (Fsp3) is 0.353. The van der Waals surface area contributed by atoms with Crippen molar-refractivity contribution in [3.8, 4) is 11.6 Å². The average Bonchev–Trinajstić information content (AvgIpc) is 2.47.